The van der Waals surface area contributed by atoms with Crippen molar-refractivity contribution in [2.45, 2.75) is 32.1 Å². The minimum absolute atomic E-state index is 0. The number of nitrogens with one attached hydrogen (secondary N) is 2. The van der Waals surface area contributed by atoms with Gasteiger partial charge >= 0.3 is 0 Å². The average molecular weight is 315 g/mol. The van der Waals surface area contributed by atoms with E-state index < -0.39 is 6.10 Å². The summed E-state index contributed by atoms with van der Waals surface area (Å²) in [6.07, 6.45) is -0.848. The predicted molar refractivity (Wildman–Crippen MR) is 83.6 cm³/mol. The zero-order chi connectivity index (χ0) is 14.5. The van der Waals surface area contributed by atoms with Crippen LogP contribution in [0.5, 0.6) is 0 Å². The maximum atomic E-state index is 12.1. The quantitative estimate of drug-likeness (QED) is 0.773. The lowest BCUT2D eigenvalue weighted by Crippen LogP contribution is -2.55. The fourth-order valence-corrected chi connectivity index (χ4v) is 2.41. The van der Waals surface area contributed by atoms with Crippen LogP contribution in [0.4, 0.5) is 0 Å². The van der Waals surface area contributed by atoms with Gasteiger partial charge in [-0.2, -0.15) is 0 Å². The van der Waals surface area contributed by atoms with Crippen molar-refractivity contribution in [3.05, 3.63) is 35.4 Å². The Balaban J connectivity index is 0.00000220. The number of rotatable bonds is 4. The van der Waals surface area contributed by atoms with Crippen LogP contribution in [0.2, 0.25) is 0 Å². The zero-order valence-electron chi connectivity index (χ0n) is 12.3. The number of hydrogen-bond donors (Lipinski definition) is 3. The Kier molecular flexibility index (Phi) is 7.11. The molecule has 0 saturated carbocycles. The third-order valence-electron chi connectivity index (χ3n) is 3.62. The SMILES string of the molecule is Cc1ccccc1C(O)CNC(=O)[C@H]1NCCO[C@@H]1C.Cl. The van der Waals surface area contributed by atoms with E-state index in [4.69, 9.17) is 4.74 Å². The Hall–Kier alpha value is -1.14. The fraction of sp³-hybridized carbons (Fsp3) is 0.533. The molecule has 1 heterocycles. The highest BCUT2D eigenvalue weighted by atomic mass is 35.5. The van der Waals surface area contributed by atoms with Crippen LogP contribution in [-0.2, 0) is 9.53 Å². The average Bonchev–Trinajstić information content (AvgIpc) is 2.45. The molecule has 6 heteroatoms. The van der Waals surface area contributed by atoms with Gasteiger partial charge in [0.15, 0.2) is 0 Å². The molecule has 3 atom stereocenters. The van der Waals surface area contributed by atoms with Crippen LogP contribution in [0.1, 0.15) is 24.2 Å². The van der Waals surface area contributed by atoms with Crippen molar-refractivity contribution in [1.29, 1.82) is 0 Å². The number of aryl methyl sites for hydroxylation is 1. The lowest BCUT2D eigenvalue weighted by Gasteiger charge is -2.29. The molecule has 0 spiro atoms. The normalized spacial score (nSPS) is 23.0. The minimum atomic E-state index is -0.694. The fourth-order valence-electron chi connectivity index (χ4n) is 2.41. The summed E-state index contributed by atoms with van der Waals surface area (Å²) in [6, 6.07) is 7.27. The van der Waals surface area contributed by atoms with Crippen molar-refractivity contribution in [2.75, 3.05) is 19.7 Å². The van der Waals surface area contributed by atoms with Gasteiger partial charge in [0.2, 0.25) is 5.91 Å². The largest absolute Gasteiger partial charge is 0.387 e. The first-order chi connectivity index (χ1) is 9.59. The smallest absolute Gasteiger partial charge is 0.239 e. The van der Waals surface area contributed by atoms with Crippen LogP contribution in [0.15, 0.2) is 24.3 Å². The highest BCUT2D eigenvalue weighted by Crippen LogP contribution is 2.16. The number of amides is 1. The molecule has 0 bridgehead atoms. The highest BCUT2D eigenvalue weighted by molar-refractivity contribution is 5.85. The summed E-state index contributed by atoms with van der Waals surface area (Å²) in [5.41, 5.74) is 1.86. The molecule has 118 valence electrons. The number of aliphatic hydroxyl groups excluding tert-OH is 1. The van der Waals surface area contributed by atoms with Crippen LogP contribution >= 0.6 is 12.4 Å². The van der Waals surface area contributed by atoms with Gasteiger partial charge in [0.05, 0.1) is 18.8 Å². The van der Waals surface area contributed by atoms with Gasteiger partial charge in [-0.05, 0) is 25.0 Å². The Bertz CT molecular complexity index is 470. The number of aliphatic hydroxyl groups is 1. The van der Waals surface area contributed by atoms with Gasteiger partial charge in [0.1, 0.15) is 6.04 Å². The monoisotopic (exact) mass is 314 g/mol. The standard InChI is InChI=1S/C15H22N2O3.ClH/c1-10-5-3-4-6-12(10)13(18)9-17-15(19)14-11(2)20-8-7-16-14;/h3-6,11,13-14,16,18H,7-9H2,1-2H3,(H,17,19);1H/t11-,13?,14+;/m1./s1. The maximum absolute atomic E-state index is 12.1. The number of hydrogen-bond acceptors (Lipinski definition) is 4. The third-order valence-corrected chi connectivity index (χ3v) is 3.62. The van der Waals surface area contributed by atoms with Gasteiger partial charge in [0, 0.05) is 13.1 Å². The van der Waals surface area contributed by atoms with Crippen molar-refractivity contribution in [1.82, 2.24) is 10.6 Å². The van der Waals surface area contributed by atoms with E-state index in [1.54, 1.807) is 0 Å². The summed E-state index contributed by atoms with van der Waals surface area (Å²) in [5, 5.41) is 16.0. The van der Waals surface area contributed by atoms with E-state index in [1.807, 2.05) is 38.1 Å². The van der Waals surface area contributed by atoms with E-state index in [0.717, 1.165) is 11.1 Å². The molecule has 1 aliphatic heterocycles. The second kappa shape index (κ2) is 8.34. The van der Waals surface area contributed by atoms with Gasteiger partial charge in [-0.3, -0.25) is 4.79 Å². The van der Waals surface area contributed by atoms with Crippen LogP contribution in [0.25, 0.3) is 0 Å². The Morgan fingerprint density at radius 1 is 1.52 bits per heavy atom. The first kappa shape index (κ1) is 17.9. The molecule has 5 nitrogen and oxygen atoms in total. The number of morpholine rings is 1. The summed E-state index contributed by atoms with van der Waals surface area (Å²) in [7, 11) is 0. The molecule has 1 amide bonds. The van der Waals surface area contributed by atoms with Crippen molar-refractivity contribution >= 4 is 18.3 Å². The van der Waals surface area contributed by atoms with Gasteiger partial charge in [0.25, 0.3) is 0 Å². The van der Waals surface area contributed by atoms with E-state index in [0.29, 0.717) is 13.2 Å². The topological polar surface area (TPSA) is 70.6 Å². The molecule has 2 rings (SSSR count). The van der Waals surface area contributed by atoms with Crippen molar-refractivity contribution < 1.29 is 14.6 Å². The Morgan fingerprint density at radius 3 is 2.90 bits per heavy atom. The Morgan fingerprint density at radius 2 is 2.24 bits per heavy atom. The molecule has 1 fully saturated rings. The number of carbonyl (C=O) groups excluding carboxylic acids is 1. The summed E-state index contributed by atoms with van der Waals surface area (Å²) in [4.78, 5) is 12.1. The summed E-state index contributed by atoms with van der Waals surface area (Å²) >= 11 is 0. The van der Waals surface area contributed by atoms with Crippen molar-refractivity contribution in [2.24, 2.45) is 0 Å². The molecule has 1 aromatic rings. The van der Waals surface area contributed by atoms with Gasteiger partial charge in [-0.15, -0.1) is 12.4 Å². The van der Waals surface area contributed by atoms with E-state index in [-0.39, 0.29) is 37.0 Å². The molecule has 0 aromatic heterocycles. The summed E-state index contributed by atoms with van der Waals surface area (Å²) in [6.45, 7) is 5.31. The van der Waals surface area contributed by atoms with Crippen LogP contribution in [0.3, 0.4) is 0 Å². The summed E-state index contributed by atoms with van der Waals surface area (Å²) < 4.78 is 5.44. The molecule has 1 unspecified atom stereocenters. The lowest BCUT2D eigenvalue weighted by molar-refractivity contribution is -0.129. The van der Waals surface area contributed by atoms with Gasteiger partial charge in [-0.25, -0.2) is 0 Å². The Labute approximate surface area is 131 Å². The van der Waals surface area contributed by atoms with Crippen molar-refractivity contribution in [3.63, 3.8) is 0 Å². The molecule has 21 heavy (non-hydrogen) atoms. The second-order valence-electron chi connectivity index (χ2n) is 5.13. The molecule has 1 aliphatic rings. The van der Waals surface area contributed by atoms with E-state index in [9.17, 15) is 9.90 Å². The molecular formula is C15H23ClN2O3. The zero-order valence-corrected chi connectivity index (χ0v) is 13.2. The highest BCUT2D eigenvalue weighted by Gasteiger charge is 2.28. The van der Waals surface area contributed by atoms with E-state index in [1.165, 1.54) is 0 Å². The van der Waals surface area contributed by atoms with Crippen molar-refractivity contribution in [3.8, 4) is 0 Å². The molecule has 1 saturated heterocycles. The first-order valence-corrected chi connectivity index (χ1v) is 6.96. The molecule has 0 radical (unpaired) electrons. The summed E-state index contributed by atoms with van der Waals surface area (Å²) in [5.74, 6) is -0.134. The van der Waals surface area contributed by atoms with Crippen LogP contribution in [0, 0.1) is 6.92 Å². The minimum Gasteiger partial charge on any atom is -0.387 e. The molecular weight excluding hydrogens is 292 g/mol. The predicted octanol–water partition coefficient (Wildman–Crippen LogP) is 0.943. The number of benzene rings is 1. The van der Waals surface area contributed by atoms with Gasteiger partial charge < -0.3 is 20.5 Å². The molecule has 3 N–H and O–H groups in total. The first-order valence-electron chi connectivity index (χ1n) is 6.96. The van der Waals surface area contributed by atoms with Gasteiger partial charge in [-0.1, -0.05) is 24.3 Å². The number of halogens is 1. The third kappa shape index (κ3) is 4.68. The van der Waals surface area contributed by atoms with Crippen LogP contribution < -0.4 is 10.6 Å². The molecule has 1 aromatic carbocycles. The second-order valence-corrected chi connectivity index (χ2v) is 5.13. The lowest BCUT2D eigenvalue weighted by atomic mass is 10.0. The van der Waals surface area contributed by atoms with E-state index in [2.05, 4.69) is 10.6 Å². The number of ether oxygens (including phenoxy) is 1. The van der Waals surface area contributed by atoms with E-state index >= 15 is 0 Å². The molecule has 0 aliphatic carbocycles. The maximum Gasteiger partial charge on any atom is 0.239 e. The number of carbonyl (C=O) groups is 1. The van der Waals surface area contributed by atoms with Crippen LogP contribution in [-0.4, -0.2) is 42.9 Å².